The monoisotopic (exact) mass is 431 g/mol. The summed E-state index contributed by atoms with van der Waals surface area (Å²) in [5, 5.41) is 14.8. The Balaban J connectivity index is 1.81. The van der Waals surface area contributed by atoms with Gasteiger partial charge in [0.15, 0.2) is 11.6 Å². The molecule has 1 heterocycles. The smallest absolute Gasteiger partial charge is 0.181 e. The van der Waals surface area contributed by atoms with Crippen LogP contribution >= 0.6 is 22.6 Å². The Morgan fingerprint density at radius 2 is 1.92 bits per heavy atom. The average Bonchev–Trinajstić information content (AvgIpc) is 3.04. The Bertz CT molecular complexity index is 886. The van der Waals surface area contributed by atoms with Gasteiger partial charge in [-0.3, -0.25) is 4.79 Å². The molecule has 1 aromatic heterocycles. The first-order chi connectivity index (χ1) is 11.6. The van der Waals surface area contributed by atoms with E-state index in [0.29, 0.717) is 11.4 Å². The van der Waals surface area contributed by atoms with Crippen molar-refractivity contribution >= 4 is 40.1 Å². The summed E-state index contributed by atoms with van der Waals surface area (Å²) in [6, 6.07) is 15.2. The highest BCUT2D eigenvalue weighted by Gasteiger charge is 2.06. The number of hydrogen-bond acceptors (Lipinski definition) is 5. The second-order valence-electron chi connectivity index (χ2n) is 5.00. The number of Topliss-reactive ketones (excluding diaryl/α,β-unsaturated/α-hetero) is 1. The van der Waals surface area contributed by atoms with Gasteiger partial charge in [0.2, 0.25) is 0 Å². The Morgan fingerprint density at radius 1 is 1.17 bits per heavy atom. The van der Waals surface area contributed by atoms with Crippen LogP contribution in [0.4, 0.5) is 5.69 Å². The van der Waals surface area contributed by atoms with Crippen molar-refractivity contribution in [2.45, 2.75) is 6.92 Å². The Morgan fingerprint density at radius 3 is 2.67 bits per heavy atom. The van der Waals surface area contributed by atoms with E-state index < -0.39 is 0 Å². The van der Waals surface area contributed by atoms with Crippen molar-refractivity contribution in [2.75, 3.05) is 5.32 Å². The van der Waals surface area contributed by atoms with Gasteiger partial charge in [-0.25, -0.2) is 0 Å². The van der Waals surface area contributed by atoms with E-state index in [2.05, 4.69) is 43.4 Å². The lowest BCUT2D eigenvalue weighted by atomic mass is 10.1. The number of aromatic nitrogens is 4. The SMILES string of the molecule is CC(=O)c1ccccc1N/C=C/c1nnnn1-c1ccc(I)cc1. The predicted molar refractivity (Wildman–Crippen MR) is 101 cm³/mol. The van der Waals surface area contributed by atoms with Gasteiger partial charge in [0.05, 0.1) is 5.69 Å². The average molecular weight is 431 g/mol. The summed E-state index contributed by atoms with van der Waals surface area (Å²) in [4.78, 5) is 11.6. The standard InChI is InChI=1S/C17H14IN5O/c1-12(24)15-4-2-3-5-16(15)19-11-10-17-20-21-22-23(17)14-8-6-13(18)7-9-14/h2-11,19H,1H3/b11-10+. The van der Waals surface area contributed by atoms with Gasteiger partial charge in [0.1, 0.15) is 0 Å². The van der Waals surface area contributed by atoms with Gasteiger partial charge in [-0.05, 0) is 76.3 Å². The second-order valence-corrected chi connectivity index (χ2v) is 6.25. The lowest BCUT2D eigenvalue weighted by Crippen LogP contribution is -2.01. The van der Waals surface area contributed by atoms with Crippen molar-refractivity contribution in [3.63, 3.8) is 0 Å². The number of nitrogens with one attached hydrogen (secondary N) is 1. The molecule has 7 heteroatoms. The zero-order chi connectivity index (χ0) is 16.9. The molecule has 2 aromatic carbocycles. The molecule has 24 heavy (non-hydrogen) atoms. The number of carbonyl (C=O) groups excluding carboxylic acids is 1. The van der Waals surface area contributed by atoms with Crippen LogP contribution in [0.1, 0.15) is 23.1 Å². The van der Waals surface area contributed by atoms with Crippen LogP contribution in [0.15, 0.2) is 54.7 Å². The predicted octanol–water partition coefficient (Wildman–Crippen LogP) is 3.55. The van der Waals surface area contributed by atoms with Crippen LogP contribution in [-0.4, -0.2) is 26.0 Å². The molecule has 120 valence electrons. The number of para-hydroxylation sites is 1. The Labute approximate surface area is 152 Å². The number of ketones is 1. The van der Waals surface area contributed by atoms with Crippen LogP contribution < -0.4 is 5.32 Å². The molecular formula is C17H14IN5O. The molecule has 0 radical (unpaired) electrons. The number of halogens is 1. The van der Waals surface area contributed by atoms with Gasteiger partial charge in [-0.1, -0.05) is 12.1 Å². The molecule has 0 unspecified atom stereocenters. The van der Waals surface area contributed by atoms with Crippen molar-refractivity contribution in [2.24, 2.45) is 0 Å². The first kappa shape index (κ1) is 16.3. The minimum atomic E-state index is 0.00946. The van der Waals surface area contributed by atoms with Crippen LogP contribution in [-0.2, 0) is 0 Å². The summed E-state index contributed by atoms with van der Waals surface area (Å²) in [5.74, 6) is 0.597. The molecule has 3 aromatic rings. The van der Waals surface area contributed by atoms with E-state index in [0.717, 1.165) is 14.9 Å². The van der Waals surface area contributed by atoms with Gasteiger partial charge in [0, 0.05) is 27.1 Å². The van der Waals surface area contributed by atoms with Crippen LogP contribution in [0.2, 0.25) is 0 Å². The van der Waals surface area contributed by atoms with Gasteiger partial charge in [-0.2, -0.15) is 4.68 Å². The molecule has 0 bridgehead atoms. The molecular weight excluding hydrogens is 417 g/mol. The van der Waals surface area contributed by atoms with Crippen molar-refractivity contribution in [1.82, 2.24) is 20.2 Å². The molecule has 0 aliphatic carbocycles. The third-order valence-electron chi connectivity index (χ3n) is 3.34. The first-order valence-corrected chi connectivity index (χ1v) is 8.30. The summed E-state index contributed by atoms with van der Waals surface area (Å²) in [5.41, 5.74) is 2.26. The number of anilines is 1. The number of tetrazole rings is 1. The molecule has 0 aliphatic rings. The molecule has 1 N–H and O–H groups in total. The van der Waals surface area contributed by atoms with Crippen molar-refractivity contribution < 1.29 is 4.79 Å². The largest absolute Gasteiger partial charge is 0.361 e. The highest BCUT2D eigenvalue weighted by molar-refractivity contribution is 14.1. The maximum atomic E-state index is 11.6. The number of nitrogens with zero attached hydrogens (tertiary/aromatic N) is 4. The maximum Gasteiger partial charge on any atom is 0.181 e. The molecule has 6 nitrogen and oxygen atoms in total. The summed E-state index contributed by atoms with van der Waals surface area (Å²) in [6.45, 7) is 1.54. The highest BCUT2D eigenvalue weighted by atomic mass is 127. The number of hydrogen-bond donors (Lipinski definition) is 1. The van der Waals surface area contributed by atoms with Crippen molar-refractivity contribution in [1.29, 1.82) is 0 Å². The molecule has 0 amide bonds. The second kappa shape index (κ2) is 7.35. The van der Waals surface area contributed by atoms with Crippen LogP contribution in [0.25, 0.3) is 11.8 Å². The van der Waals surface area contributed by atoms with Crippen molar-refractivity contribution in [3.05, 3.63) is 69.7 Å². The zero-order valence-corrected chi connectivity index (χ0v) is 15.0. The maximum absolute atomic E-state index is 11.6. The van der Waals surface area contributed by atoms with Gasteiger partial charge < -0.3 is 5.32 Å². The quantitative estimate of drug-likeness (QED) is 0.494. The van der Waals surface area contributed by atoms with Gasteiger partial charge >= 0.3 is 0 Å². The fraction of sp³-hybridized carbons (Fsp3) is 0.0588. The van der Waals surface area contributed by atoms with E-state index in [-0.39, 0.29) is 5.78 Å². The van der Waals surface area contributed by atoms with Crippen molar-refractivity contribution in [3.8, 4) is 5.69 Å². The molecule has 3 rings (SSSR count). The lowest BCUT2D eigenvalue weighted by molar-refractivity contribution is 0.101. The third kappa shape index (κ3) is 3.67. The lowest BCUT2D eigenvalue weighted by Gasteiger charge is -2.06. The highest BCUT2D eigenvalue weighted by Crippen LogP contribution is 2.16. The number of carbonyl (C=O) groups is 1. The van der Waals surface area contributed by atoms with E-state index >= 15 is 0 Å². The van der Waals surface area contributed by atoms with E-state index in [9.17, 15) is 4.79 Å². The number of benzene rings is 2. The van der Waals surface area contributed by atoms with Gasteiger partial charge in [-0.15, -0.1) is 5.10 Å². The van der Waals surface area contributed by atoms with E-state index in [4.69, 9.17) is 0 Å². The summed E-state index contributed by atoms with van der Waals surface area (Å²) in [6.07, 6.45) is 3.48. The molecule has 0 fully saturated rings. The van der Waals surface area contributed by atoms with Crippen LogP contribution in [0, 0.1) is 3.57 Å². The van der Waals surface area contributed by atoms with Gasteiger partial charge in [0.25, 0.3) is 0 Å². The Kier molecular flexibility index (Phi) is 4.99. The normalized spacial score (nSPS) is 10.9. The minimum absolute atomic E-state index is 0.00946. The third-order valence-corrected chi connectivity index (χ3v) is 4.06. The summed E-state index contributed by atoms with van der Waals surface area (Å²) >= 11 is 2.25. The summed E-state index contributed by atoms with van der Waals surface area (Å²) < 4.78 is 2.79. The number of rotatable bonds is 5. The van der Waals surface area contributed by atoms with E-state index in [1.54, 1.807) is 29.9 Å². The topological polar surface area (TPSA) is 72.7 Å². The molecule has 0 atom stereocenters. The fourth-order valence-electron chi connectivity index (χ4n) is 2.19. The minimum Gasteiger partial charge on any atom is -0.361 e. The molecule has 0 aliphatic heterocycles. The molecule has 0 saturated heterocycles. The fourth-order valence-corrected chi connectivity index (χ4v) is 2.55. The molecule has 0 spiro atoms. The zero-order valence-electron chi connectivity index (χ0n) is 12.8. The first-order valence-electron chi connectivity index (χ1n) is 7.22. The van der Waals surface area contributed by atoms with E-state index in [1.807, 2.05) is 42.5 Å². The van der Waals surface area contributed by atoms with Crippen LogP contribution in [0.3, 0.4) is 0 Å². The Hall–Kier alpha value is -2.55. The molecule has 0 saturated carbocycles. The van der Waals surface area contributed by atoms with Crippen LogP contribution in [0.5, 0.6) is 0 Å². The van der Waals surface area contributed by atoms with E-state index in [1.165, 1.54) is 0 Å². The summed E-state index contributed by atoms with van der Waals surface area (Å²) in [7, 11) is 0.